The van der Waals surface area contributed by atoms with E-state index in [1.807, 2.05) is 31.2 Å². The van der Waals surface area contributed by atoms with Crippen molar-refractivity contribution in [2.75, 3.05) is 11.9 Å². The highest BCUT2D eigenvalue weighted by Crippen LogP contribution is 2.24. The van der Waals surface area contributed by atoms with E-state index in [1.54, 1.807) is 6.92 Å². The van der Waals surface area contributed by atoms with E-state index in [0.717, 1.165) is 11.4 Å². The summed E-state index contributed by atoms with van der Waals surface area (Å²) < 4.78 is 5.40. The fourth-order valence-corrected chi connectivity index (χ4v) is 1.17. The predicted octanol–water partition coefficient (Wildman–Crippen LogP) is 1.37. The molecule has 0 fully saturated rings. The van der Waals surface area contributed by atoms with Gasteiger partial charge in [-0.1, -0.05) is 12.1 Å². The molecule has 4 heteroatoms. The molecule has 1 amide bonds. The summed E-state index contributed by atoms with van der Waals surface area (Å²) in [6, 6.07) is 7.04. The molecule has 0 radical (unpaired) electrons. The summed E-state index contributed by atoms with van der Waals surface area (Å²) in [7, 11) is 0. The SMILES string of the molecule is CCOc1ccccc1N[C@H](C)C(N)=O. The topological polar surface area (TPSA) is 64.3 Å². The maximum absolute atomic E-state index is 10.9. The first-order valence-corrected chi connectivity index (χ1v) is 4.92. The molecule has 0 aliphatic rings. The van der Waals surface area contributed by atoms with Crippen molar-refractivity contribution < 1.29 is 9.53 Å². The zero-order valence-corrected chi connectivity index (χ0v) is 8.99. The molecule has 1 aromatic carbocycles. The Morgan fingerprint density at radius 1 is 1.53 bits per heavy atom. The molecule has 1 atom stereocenters. The van der Waals surface area contributed by atoms with Gasteiger partial charge in [0.15, 0.2) is 0 Å². The molecule has 0 saturated heterocycles. The van der Waals surface area contributed by atoms with Crippen molar-refractivity contribution in [3.05, 3.63) is 24.3 Å². The smallest absolute Gasteiger partial charge is 0.239 e. The van der Waals surface area contributed by atoms with Crippen LogP contribution in [0.25, 0.3) is 0 Å². The summed E-state index contributed by atoms with van der Waals surface area (Å²) in [6.07, 6.45) is 0. The molecular weight excluding hydrogens is 192 g/mol. The van der Waals surface area contributed by atoms with Gasteiger partial charge >= 0.3 is 0 Å². The average Bonchev–Trinajstić information content (AvgIpc) is 2.21. The molecule has 0 aliphatic carbocycles. The Morgan fingerprint density at radius 3 is 2.80 bits per heavy atom. The first-order valence-electron chi connectivity index (χ1n) is 4.92. The third-order valence-electron chi connectivity index (χ3n) is 1.99. The number of nitrogens with one attached hydrogen (secondary N) is 1. The second kappa shape index (κ2) is 5.24. The molecule has 15 heavy (non-hydrogen) atoms. The second-order valence-electron chi connectivity index (χ2n) is 3.20. The van der Waals surface area contributed by atoms with E-state index in [4.69, 9.17) is 10.5 Å². The minimum atomic E-state index is -0.411. The number of anilines is 1. The number of carbonyl (C=O) groups is 1. The van der Waals surface area contributed by atoms with Crippen LogP contribution in [0.3, 0.4) is 0 Å². The highest BCUT2D eigenvalue weighted by atomic mass is 16.5. The van der Waals surface area contributed by atoms with Gasteiger partial charge in [-0.15, -0.1) is 0 Å². The number of hydrogen-bond acceptors (Lipinski definition) is 3. The summed E-state index contributed by atoms with van der Waals surface area (Å²) >= 11 is 0. The van der Waals surface area contributed by atoms with Crippen LogP contribution in [0.2, 0.25) is 0 Å². The number of benzene rings is 1. The van der Waals surface area contributed by atoms with Crippen LogP contribution >= 0.6 is 0 Å². The zero-order chi connectivity index (χ0) is 11.3. The zero-order valence-electron chi connectivity index (χ0n) is 8.99. The lowest BCUT2D eigenvalue weighted by molar-refractivity contribution is -0.118. The Bertz CT molecular complexity index is 339. The van der Waals surface area contributed by atoms with E-state index in [9.17, 15) is 4.79 Å². The number of nitrogens with two attached hydrogens (primary N) is 1. The van der Waals surface area contributed by atoms with E-state index in [2.05, 4.69) is 5.32 Å². The molecule has 0 heterocycles. The van der Waals surface area contributed by atoms with Crippen LogP contribution < -0.4 is 15.8 Å². The van der Waals surface area contributed by atoms with Gasteiger partial charge in [-0.2, -0.15) is 0 Å². The van der Waals surface area contributed by atoms with Crippen molar-refractivity contribution in [2.24, 2.45) is 5.73 Å². The van der Waals surface area contributed by atoms with Crippen molar-refractivity contribution in [3.63, 3.8) is 0 Å². The van der Waals surface area contributed by atoms with Crippen molar-refractivity contribution in [2.45, 2.75) is 19.9 Å². The van der Waals surface area contributed by atoms with Crippen LogP contribution in [0, 0.1) is 0 Å². The minimum Gasteiger partial charge on any atom is -0.492 e. The Morgan fingerprint density at radius 2 is 2.20 bits per heavy atom. The first-order chi connectivity index (χ1) is 7.15. The summed E-state index contributed by atoms with van der Waals surface area (Å²) in [6.45, 7) is 4.21. The lowest BCUT2D eigenvalue weighted by Crippen LogP contribution is -2.32. The van der Waals surface area contributed by atoms with Crippen molar-refractivity contribution in [1.82, 2.24) is 0 Å². The van der Waals surface area contributed by atoms with Gasteiger partial charge in [-0.25, -0.2) is 0 Å². The first kappa shape index (κ1) is 11.4. The van der Waals surface area contributed by atoms with E-state index >= 15 is 0 Å². The van der Waals surface area contributed by atoms with Crippen molar-refractivity contribution >= 4 is 11.6 Å². The molecule has 0 aliphatic heterocycles. The van der Waals surface area contributed by atoms with Crippen LogP contribution in [-0.2, 0) is 4.79 Å². The maximum atomic E-state index is 10.9. The number of primary amides is 1. The number of ether oxygens (including phenoxy) is 1. The molecule has 0 spiro atoms. The molecular formula is C11H16N2O2. The minimum absolute atomic E-state index is 0.388. The number of para-hydroxylation sites is 2. The van der Waals surface area contributed by atoms with Crippen LogP contribution in [0.5, 0.6) is 5.75 Å². The number of carbonyl (C=O) groups excluding carboxylic acids is 1. The van der Waals surface area contributed by atoms with Gasteiger partial charge in [0.2, 0.25) is 5.91 Å². The molecule has 0 aromatic heterocycles. The Kier molecular flexibility index (Phi) is 3.97. The van der Waals surface area contributed by atoms with Crippen LogP contribution in [0.4, 0.5) is 5.69 Å². The fourth-order valence-electron chi connectivity index (χ4n) is 1.17. The monoisotopic (exact) mass is 208 g/mol. The van der Waals surface area contributed by atoms with Crippen LogP contribution in [0.1, 0.15) is 13.8 Å². The van der Waals surface area contributed by atoms with E-state index in [1.165, 1.54) is 0 Å². The quantitative estimate of drug-likeness (QED) is 0.768. The summed E-state index contributed by atoms with van der Waals surface area (Å²) in [4.78, 5) is 10.9. The van der Waals surface area contributed by atoms with Crippen LogP contribution in [-0.4, -0.2) is 18.6 Å². The average molecular weight is 208 g/mol. The summed E-state index contributed by atoms with van der Waals surface area (Å²) in [5, 5.41) is 3.00. The van der Waals surface area contributed by atoms with Gasteiger partial charge in [0.05, 0.1) is 12.3 Å². The third kappa shape index (κ3) is 3.16. The second-order valence-corrected chi connectivity index (χ2v) is 3.20. The van der Waals surface area contributed by atoms with Gasteiger partial charge in [0, 0.05) is 0 Å². The molecule has 3 N–H and O–H groups in total. The summed E-state index contributed by atoms with van der Waals surface area (Å²) in [5.41, 5.74) is 5.95. The van der Waals surface area contributed by atoms with Gasteiger partial charge in [0.25, 0.3) is 0 Å². The largest absolute Gasteiger partial charge is 0.492 e. The molecule has 0 bridgehead atoms. The molecule has 0 unspecified atom stereocenters. The van der Waals surface area contributed by atoms with Crippen LogP contribution in [0.15, 0.2) is 24.3 Å². The Hall–Kier alpha value is -1.71. The fraction of sp³-hybridized carbons (Fsp3) is 0.364. The van der Waals surface area contributed by atoms with Crippen molar-refractivity contribution in [1.29, 1.82) is 0 Å². The lowest BCUT2D eigenvalue weighted by atomic mass is 10.2. The molecule has 1 aromatic rings. The molecule has 4 nitrogen and oxygen atoms in total. The predicted molar refractivity (Wildman–Crippen MR) is 59.9 cm³/mol. The normalized spacial score (nSPS) is 11.9. The van der Waals surface area contributed by atoms with Gasteiger partial charge in [0.1, 0.15) is 11.8 Å². The summed E-state index contributed by atoms with van der Waals surface area (Å²) in [5.74, 6) is 0.342. The van der Waals surface area contributed by atoms with Gasteiger partial charge < -0.3 is 15.8 Å². The Labute approximate surface area is 89.4 Å². The highest BCUT2D eigenvalue weighted by molar-refractivity contribution is 5.83. The highest BCUT2D eigenvalue weighted by Gasteiger charge is 2.10. The lowest BCUT2D eigenvalue weighted by Gasteiger charge is -2.15. The van der Waals surface area contributed by atoms with E-state index in [0.29, 0.717) is 6.61 Å². The number of amides is 1. The molecule has 0 saturated carbocycles. The molecule has 1 rings (SSSR count). The van der Waals surface area contributed by atoms with Gasteiger partial charge in [-0.05, 0) is 26.0 Å². The third-order valence-corrected chi connectivity index (χ3v) is 1.99. The standard InChI is InChI=1S/C11H16N2O2/c1-3-15-10-7-5-4-6-9(10)13-8(2)11(12)14/h4-8,13H,3H2,1-2H3,(H2,12,14)/t8-/m1/s1. The van der Waals surface area contributed by atoms with Gasteiger partial charge in [-0.3, -0.25) is 4.79 Å². The van der Waals surface area contributed by atoms with E-state index in [-0.39, 0.29) is 5.91 Å². The molecule has 82 valence electrons. The van der Waals surface area contributed by atoms with Crippen molar-refractivity contribution in [3.8, 4) is 5.75 Å². The maximum Gasteiger partial charge on any atom is 0.239 e. The number of rotatable bonds is 5. The Balaban J connectivity index is 2.79. The number of hydrogen-bond donors (Lipinski definition) is 2. The van der Waals surface area contributed by atoms with E-state index < -0.39 is 6.04 Å².